The molecular weight excluding hydrogens is 388 g/mol. The topological polar surface area (TPSA) is 0 Å². The molecule has 0 fully saturated rings. The van der Waals surface area contributed by atoms with E-state index >= 15 is 0 Å². The summed E-state index contributed by atoms with van der Waals surface area (Å²) < 4.78 is 83.7. The molecule has 0 aromatic rings. The monoisotopic (exact) mass is 396 g/mol. The van der Waals surface area contributed by atoms with E-state index in [1.165, 1.54) is 0 Å². The molecule has 0 N–H and O–H groups in total. The van der Waals surface area contributed by atoms with Gasteiger partial charge in [0, 0.05) is 0 Å². The fraction of sp³-hybridized carbons (Fsp3) is 1.00. The first-order valence-corrected chi connectivity index (χ1v) is 13.2. The van der Waals surface area contributed by atoms with Gasteiger partial charge in [-0.05, 0) is 0 Å². The van der Waals surface area contributed by atoms with Crippen LogP contribution in [0.4, 0.5) is 39.5 Å². The van der Waals surface area contributed by atoms with Crippen LogP contribution >= 0.6 is 0 Å². The van der Waals surface area contributed by atoms with Gasteiger partial charge in [-0.25, -0.2) is 0 Å². The number of hydrogen-bond donors (Lipinski definition) is 0. The fourth-order valence-corrected chi connectivity index (χ4v) is 2.89. The van der Waals surface area contributed by atoms with Crippen LogP contribution in [0.1, 0.15) is 0 Å². The van der Waals surface area contributed by atoms with Crippen LogP contribution in [0.5, 0.6) is 0 Å². The first kappa shape index (κ1) is 19.9. The van der Waals surface area contributed by atoms with E-state index in [0.717, 1.165) is 0 Å². The number of alkyl halides is 9. The quantitative estimate of drug-likeness (QED) is 0.426. The minimum absolute atomic E-state index is 0.188. The van der Waals surface area contributed by atoms with Gasteiger partial charge in [-0.2, -0.15) is 0 Å². The first-order valence-electron chi connectivity index (χ1n) is 3.91. The molecule has 104 valence electrons. The Balaban J connectivity index is 0. The molecule has 0 atom stereocenters. The Morgan fingerprint density at radius 1 is 0.588 bits per heavy atom. The average Bonchev–Trinajstić information content (AvgIpc) is 1.69. The third kappa shape index (κ3) is 10.2. The Bertz CT molecular complexity index is 179. The van der Waals surface area contributed by atoms with E-state index in [0.29, 0.717) is 0 Å². The fourth-order valence-electron chi connectivity index (χ4n) is 0.557. The van der Waals surface area contributed by atoms with Crippen molar-refractivity contribution in [3.05, 3.63) is 0 Å². The number of halogens is 9. The van der Waals surface area contributed by atoms with E-state index in [1.54, 1.807) is 0 Å². The van der Waals surface area contributed by atoms with Crippen LogP contribution in [-0.2, 0) is 0 Å². The molecule has 0 aliphatic heterocycles. The van der Waals surface area contributed by atoms with Crippen molar-refractivity contribution >= 4 is 30.9 Å². The van der Waals surface area contributed by atoms with E-state index in [9.17, 15) is 39.5 Å². The van der Waals surface area contributed by atoms with E-state index in [2.05, 4.69) is 17.1 Å². The molecule has 0 amide bonds. The third-order valence-electron chi connectivity index (χ3n) is 0.982. The van der Waals surface area contributed by atoms with Crippen molar-refractivity contribution in [3.63, 3.8) is 0 Å². The van der Waals surface area contributed by atoms with Crippen molar-refractivity contribution in [2.75, 3.05) is 0 Å². The molecule has 0 radical (unpaired) electrons. The van der Waals surface area contributed by atoms with Crippen molar-refractivity contribution in [1.29, 1.82) is 0 Å². The van der Waals surface area contributed by atoms with Gasteiger partial charge in [-0.1, -0.05) is 0 Å². The van der Waals surface area contributed by atoms with Gasteiger partial charge in [0.25, 0.3) is 0 Å². The van der Waals surface area contributed by atoms with Gasteiger partial charge in [-0.15, -0.1) is 0 Å². The van der Waals surface area contributed by atoms with Gasteiger partial charge in [0.1, 0.15) is 0 Å². The molecule has 17 heavy (non-hydrogen) atoms. The summed E-state index contributed by atoms with van der Waals surface area (Å²) >= 11 is -7.52. The van der Waals surface area contributed by atoms with Crippen molar-refractivity contribution in [2.24, 2.45) is 0 Å². The molecule has 11 heteroatoms. The van der Waals surface area contributed by atoms with Crippen LogP contribution in [0, 0.1) is 0 Å². The Labute approximate surface area is 102 Å². The summed E-state index contributed by atoms with van der Waals surface area (Å²) in [6.45, 7) is 0. The molecular formula is C6H9AsF9Ga. The molecule has 0 unspecified atom stereocenters. The van der Waals surface area contributed by atoms with Crippen LogP contribution in [-0.4, -0.2) is 45.1 Å². The summed E-state index contributed by atoms with van der Waals surface area (Å²) in [7, 11) is 0. The molecule has 0 aliphatic rings. The Morgan fingerprint density at radius 2 is 0.706 bits per heavy atom. The van der Waals surface area contributed by atoms with Gasteiger partial charge in [0.05, 0.1) is 0 Å². The second-order valence-electron chi connectivity index (χ2n) is 3.40. The van der Waals surface area contributed by atoms with Crippen molar-refractivity contribution in [2.45, 2.75) is 31.3 Å². The maximum absolute atomic E-state index is 11.4. The third-order valence-corrected chi connectivity index (χ3v) is 5.10. The molecule has 0 nitrogen and oxygen atoms in total. The maximum atomic E-state index is 11.4. The average molecular weight is 397 g/mol. The molecule has 0 saturated heterocycles. The Morgan fingerprint density at radius 3 is 0.706 bits per heavy atom. The second-order valence-corrected chi connectivity index (χ2v) is 15.0. The zero-order valence-electron chi connectivity index (χ0n) is 8.93. The summed E-state index contributed by atoms with van der Waals surface area (Å²) in [6.07, 6.45) is 0. The zero-order valence-corrected chi connectivity index (χ0v) is 13.2. The van der Waals surface area contributed by atoms with Gasteiger partial charge in [-0.3, -0.25) is 0 Å². The summed E-state index contributed by atoms with van der Waals surface area (Å²) in [5.74, 6) is 0. The zero-order chi connectivity index (χ0) is 14.7. The molecule has 0 saturated carbocycles. The Hall–Kier alpha value is 0.565. The van der Waals surface area contributed by atoms with E-state index in [1.807, 2.05) is 0 Å². The van der Waals surface area contributed by atoms with Gasteiger partial charge < -0.3 is 0 Å². The summed E-state index contributed by atoms with van der Waals surface area (Å²) in [6, 6.07) is 0. The predicted molar refractivity (Wildman–Crippen MR) is 47.3 cm³/mol. The van der Waals surface area contributed by atoms with Crippen LogP contribution in [0.3, 0.4) is 0 Å². The van der Waals surface area contributed by atoms with Crippen molar-refractivity contribution < 1.29 is 39.5 Å². The van der Waals surface area contributed by atoms with Crippen LogP contribution < -0.4 is 0 Å². The first-order chi connectivity index (χ1) is 7.10. The minimum atomic E-state index is -7.33. The molecule has 0 heterocycles. The number of rotatable bonds is 0. The molecule has 0 spiro atoms. The standard InChI is InChI=1S/C3H9As.3CF3.Ga/c1-4(2)3;3*2-1(3)4;/h1-3H3;;;;. The molecule has 0 rings (SSSR count). The summed E-state index contributed by atoms with van der Waals surface area (Å²) in [5, 5.41) is 0. The summed E-state index contributed by atoms with van der Waals surface area (Å²) in [5.41, 5.74) is 6.94. The van der Waals surface area contributed by atoms with E-state index < -0.39 is 30.4 Å². The van der Waals surface area contributed by atoms with Crippen LogP contribution in [0.25, 0.3) is 0 Å². The molecule has 0 bridgehead atoms. The van der Waals surface area contributed by atoms with Crippen molar-refractivity contribution in [3.8, 4) is 0 Å². The van der Waals surface area contributed by atoms with Gasteiger partial charge >= 0.3 is 102 Å². The van der Waals surface area contributed by atoms with Gasteiger partial charge in [0.2, 0.25) is 0 Å². The second kappa shape index (κ2) is 6.65. The normalized spacial score (nSPS) is 13.2. The SMILES string of the molecule is C[As](C)C.F[C](F)(F)[Ga]([C](F)(F)F)[C](F)(F)F. The van der Waals surface area contributed by atoms with E-state index in [4.69, 9.17) is 0 Å². The van der Waals surface area contributed by atoms with Crippen molar-refractivity contribution in [1.82, 2.24) is 0 Å². The molecule has 0 aromatic carbocycles. The summed E-state index contributed by atoms with van der Waals surface area (Å²) in [4.78, 5) is 0. The molecule has 0 aliphatic carbocycles. The predicted octanol–water partition coefficient (Wildman–Crippen LogP) is 4.16. The Kier molecular flexibility index (Phi) is 7.78. The number of hydrogen-bond acceptors (Lipinski definition) is 0. The van der Waals surface area contributed by atoms with E-state index in [-0.39, 0.29) is 14.7 Å². The van der Waals surface area contributed by atoms with Gasteiger partial charge in [0.15, 0.2) is 0 Å². The molecule has 0 aromatic heterocycles. The van der Waals surface area contributed by atoms with Crippen LogP contribution in [0.2, 0.25) is 17.1 Å². The van der Waals surface area contributed by atoms with Crippen LogP contribution in [0.15, 0.2) is 0 Å².